The van der Waals surface area contributed by atoms with Crippen LogP contribution in [0.5, 0.6) is 5.75 Å². The van der Waals surface area contributed by atoms with Crippen LogP contribution in [0.2, 0.25) is 5.02 Å². The fourth-order valence-corrected chi connectivity index (χ4v) is 3.38. The predicted octanol–water partition coefficient (Wildman–Crippen LogP) is 5.64. The largest absolute Gasteiger partial charge is 0.497 e. The summed E-state index contributed by atoms with van der Waals surface area (Å²) in [7, 11) is 1.60. The van der Waals surface area contributed by atoms with Crippen molar-refractivity contribution in [2.75, 3.05) is 7.11 Å². The highest BCUT2D eigenvalue weighted by Gasteiger charge is 2.11. The van der Waals surface area contributed by atoms with E-state index in [4.69, 9.17) is 21.3 Å². The number of hydrogen-bond donors (Lipinski definition) is 0. The molecule has 4 rings (SSSR count). The van der Waals surface area contributed by atoms with Crippen LogP contribution in [-0.2, 0) is 6.54 Å². The molecule has 0 amide bonds. The number of para-hydroxylation sites is 2. The van der Waals surface area contributed by atoms with Gasteiger partial charge >= 0.3 is 0 Å². The maximum Gasteiger partial charge on any atom is 0.185 e. The summed E-state index contributed by atoms with van der Waals surface area (Å²) >= 11 is 6.36. The molecule has 0 atom stereocenters. The van der Waals surface area contributed by atoms with Crippen molar-refractivity contribution >= 4 is 34.5 Å². The Morgan fingerprint density at radius 2 is 1.76 bits per heavy atom. The fourth-order valence-electron chi connectivity index (χ4n) is 3.19. The molecule has 0 bridgehead atoms. The lowest BCUT2D eigenvalue weighted by molar-refractivity contribution is 0.104. The van der Waals surface area contributed by atoms with Crippen LogP contribution in [0.15, 0.2) is 78.9 Å². The molecule has 0 radical (unpaired) electrons. The summed E-state index contributed by atoms with van der Waals surface area (Å²) in [6, 6.07) is 22.7. The number of rotatable bonds is 6. The molecule has 3 aromatic carbocycles. The Balaban J connectivity index is 1.68. The van der Waals surface area contributed by atoms with Crippen molar-refractivity contribution < 1.29 is 9.53 Å². The lowest BCUT2D eigenvalue weighted by Crippen LogP contribution is -2.03. The summed E-state index contributed by atoms with van der Waals surface area (Å²) in [6.07, 6.45) is 3.30. The zero-order valence-corrected chi connectivity index (χ0v) is 16.6. The fraction of sp³-hybridized carbons (Fsp3) is 0.0833. The van der Waals surface area contributed by atoms with Gasteiger partial charge in [0.25, 0.3) is 0 Å². The average molecular weight is 403 g/mol. The van der Waals surface area contributed by atoms with Gasteiger partial charge in [0, 0.05) is 10.6 Å². The summed E-state index contributed by atoms with van der Waals surface area (Å²) in [5.41, 5.74) is 3.45. The van der Waals surface area contributed by atoms with Crippen molar-refractivity contribution in [1.29, 1.82) is 0 Å². The lowest BCUT2D eigenvalue weighted by Gasteiger charge is -2.09. The van der Waals surface area contributed by atoms with E-state index in [1.54, 1.807) is 43.5 Å². The van der Waals surface area contributed by atoms with Gasteiger partial charge in [0.2, 0.25) is 0 Å². The SMILES string of the molecule is COc1ccc(C(=O)/C=C/c2nc3ccccc3n2Cc2ccccc2Cl)cc1. The molecule has 29 heavy (non-hydrogen) atoms. The van der Waals surface area contributed by atoms with E-state index < -0.39 is 0 Å². The summed E-state index contributed by atoms with van der Waals surface area (Å²) < 4.78 is 7.20. The van der Waals surface area contributed by atoms with Crippen molar-refractivity contribution in [3.05, 3.63) is 101 Å². The number of hydrogen-bond acceptors (Lipinski definition) is 3. The van der Waals surface area contributed by atoms with Crippen molar-refractivity contribution in [2.45, 2.75) is 6.54 Å². The number of methoxy groups -OCH3 is 1. The van der Waals surface area contributed by atoms with E-state index in [9.17, 15) is 4.79 Å². The molecule has 0 saturated carbocycles. The Labute approximate surface area is 174 Å². The highest BCUT2D eigenvalue weighted by molar-refractivity contribution is 6.31. The van der Waals surface area contributed by atoms with Gasteiger partial charge in [-0.15, -0.1) is 0 Å². The maximum atomic E-state index is 12.6. The molecule has 0 aliphatic rings. The summed E-state index contributed by atoms with van der Waals surface area (Å²) in [5.74, 6) is 1.32. The first kappa shape index (κ1) is 19.0. The van der Waals surface area contributed by atoms with E-state index in [1.807, 2.05) is 48.5 Å². The minimum Gasteiger partial charge on any atom is -0.497 e. The molecule has 0 spiro atoms. The zero-order valence-electron chi connectivity index (χ0n) is 15.9. The number of halogens is 1. The third-order valence-corrected chi connectivity index (χ3v) is 5.10. The molecular formula is C24H19ClN2O2. The molecule has 144 valence electrons. The van der Waals surface area contributed by atoms with Gasteiger partial charge in [0.1, 0.15) is 11.6 Å². The summed E-state index contributed by atoms with van der Waals surface area (Å²) in [5, 5.41) is 0.703. The van der Waals surface area contributed by atoms with Crippen LogP contribution < -0.4 is 4.74 Å². The molecule has 0 saturated heterocycles. The van der Waals surface area contributed by atoms with E-state index in [1.165, 1.54) is 0 Å². The Morgan fingerprint density at radius 1 is 1.03 bits per heavy atom. The number of fused-ring (bicyclic) bond motifs is 1. The van der Waals surface area contributed by atoms with Crippen LogP contribution in [0.4, 0.5) is 0 Å². The molecule has 0 aliphatic carbocycles. The number of ketones is 1. The number of aromatic nitrogens is 2. The van der Waals surface area contributed by atoms with E-state index in [0.717, 1.165) is 16.6 Å². The van der Waals surface area contributed by atoms with Gasteiger partial charge in [-0.3, -0.25) is 4.79 Å². The first-order valence-corrected chi connectivity index (χ1v) is 9.58. The van der Waals surface area contributed by atoms with Crippen LogP contribution in [0.1, 0.15) is 21.7 Å². The molecular weight excluding hydrogens is 384 g/mol. The highest BCUT2D eigenvalue weighted by atomic mass is 35.5. The van der Waals surface area contributed by atoms with Crippen LogP contribution in [-0.4, -0.2) is 22.4 Å². The van der Waals surface area contributed by atoms with E-state index in [2.05, 4.69) is 4.57 Å². The first-order valence-electron chi connectivity index (χ1n) is 9.21. The molecule has 0 unspecified atom stereocenters. The number of imidazole rings is 1. The third kappa shape index (κ3) is 4.08. The van der Waals surface area contributed by atoms with E-state index >= 15 is 0 Å². The number of allylic oxidation sites excluding steroid dienone is 1. The average Bonchev–Trinajstić information content (AvgIpc) is 3.11. The second-order valence-electron chi connectivity index (χ2n) is 6.56. The zero-order chi connectivity index (χ0) is 20.2. The summed E-state index contributed by atoms with van der Waals surface area (Å²) in [6.45, 7) is 0.566. The number of carbonyl (C=O) groups excluding carboxylic acids is 1. The topological polar surface area (TPSA) is 44.1 Å². The molecule has 5 heteroatoms. The van der Waals surface area contributed by atoms with Crippen LogP contribution in [0.3, 0.4) is 0 Å². The van der Waals surface area contributed by atoms with Gasteiger partial charge in [-0.25, -0.2) is 4.98 Å². The van der Waals surface area contributed by atoms with Crippen molar-refractivity contribution in [3.63, 3.8) is 0 Å². The Kier molecular flexibility index (Phi) is 5.45. The van der Waals surface area contributed by atoms with Crippen molar-refractivity contribution in [1.82, 2.24) is 9.55 Å². The summed E-state index contributed by atoms with van der Waals surface area (Å²) in [4.78, 5) is 17.3. The van der Waals surface area contributed by atoms with Gasteiger partial charge in [-0.05, 0) is 60.2 Å². The third-order valence-electron chi connectivity index (χ3n) is 4.73. The van der Waals surface area contributed by atoms with E-state index in [0.29, 0.717) is 28.7 Å². The maximum absolute atomic E-state index is 12.6. The van der Waals surface area contributed by atoms with Gasteiger partial charge in [-0.2, -0.15) is 0 Å². The number of carbonyl (C=O) groups is 1. The molecule has 0 aliphatic heterocycles. The van der Waals surface area contributed by atoms with Crippen molar-refractivity contribution in [3.8, 4) is 5.75 Å². The van der Waals surface area contributed by atoms with Crippen LogP contribution >= 0.6 is 11.6 Å². The first-order chi connectivity index (χ1) is 14.2. The number of ether oxygens (including phenoxy) is 1. The Hall–Kier alpha value is -3.37. The molecule has 0 fully saturated rings. The molecule has 4 nitrogen and oxygen atoms in total. The second-order valence-corrected chi connectivity index (χ2v) is 6.97. The monoisotopic (exact) mass is 402 g/mol. The second kappa shape index (κ2) is 8.33. The standard InChI is InChI=1S/C24H19ClN2O2/c1-29-19-12-10-17(11-13-19)23(28)14-15-24-26-21-8-4-5-9-22(21)27(24)16-18-6-2-3-7-20(18)25/h2-15H,16H2,1H3/b15-14+. The highest BCUT2D eigenvalue weighted by Crippen LogP contribution is 2.22. The van der Waals surface area contributed by atoms with Gasteiger partial charge in [-0.1, -0.05) is 41.9 Å². The number of nitrogens with zero attached hydrogens (tertiary/aromatic N) is 2. The van der Waals surface area contributed by atoms with Crippen LogP contribution in [0.25, 0.3) is 17.1 Å². The normalized spacial score (nSPS) is 11.2. The molecule has 1 heterocycles. The van der Waals surface area contributed by atoms with E-state index in [-0.39, 0.29) is 5.78 Å². The molecule has 1 aromatic heterocycles. The van der Waals surface area contributed by atoms with Gasteiger partial charge in [0.15, 0.2) is 5.78 Å². The van der Waals surface area contributed by atoms with Crippen LogP contribution in [0, 0.1) is 0 Å². The smallest absolute Gasteiger partial charge is 0.185 e. The molecule has 0 N–H and O–H groups in total. The van der Waals surface area contributed by atoms with Crippen molar-refractivity contribution in [2.24, 2.45) is 0 Å². The predicted molar refractivity (Wildman–Crippen MR) is 117 cm³/mol. The lowest BCUT2D eigenvalue weighted by atomic mass is 10.1. The number of benzene rings is 3. The quantitative estimate of drug-likeness (QED) is 0.309. The Morgan fingerprint density at radius 3 is 2.52 bits per heavy atom. The minimum absolute atomic E-state index is 0.0935. The van der Waals surface area contributed by atoms with Gasteiger partial charge < -0.3 is 9.30 Å². The molecule has 4 aromatic rings. The minimum atomic E-state index is -0.0935. The Bertz CT molecular complexity index is 1190. The van der Waals surface area contributed by atoms with Gasteiger partial charge in [0.05, 0.1) is 24.7 Å².